The van der Waals surface area contributed by atoms with Crippen LogP contribution in [0.4, 0.5) is 11.4 Å². The molecule has 1 aliphatic heterocycles. The first-order chi connectivity index (χ1) is 10.8. The summed E-state index contributed by atoms with van der Waals surface area (Å²) in [7, 11) is 0. The van der Waals surface area contributed by atoms with Gasteiger partial charge in [0.25, 0.3) is 17.5 Å². The van der Waals surface area contributed by atoms with E-state index in [0.717, 1.165) is 17.0 Å². The third kappa shape index (κ3) is 2.45. The van der Waals surface area contributed by atoms with Crippen LogP contribution >= 0.6 is 34.8 Å². The van der Waals surface area contributed by atoms with Gasteiger partial charge in [0.1, 0.15) is 0 Å². The van der Waals surface area contributed by atoms with Gasteiger partial charge >= 0.3 is 0 Å². The second-order valence-corrected chi connectivity index (χ2v) is 5.85. The molecule has 3 rings (SSSR count). The van der Waals surface area contributed by atoms with E-state index in [0.29, 0.717) is 0 Å². The summed E-state index contributed by atoms with van der Waals surface area (Å²) >= 11 is 17.7. The standard InChI is InChI=1S/C14H5Cl3N2O4/c15-10-4-7(5-11(16)12(10)17)18-13(20)8-2-1-6(19(22)23)3-9(8)14(18)21/h1-5H. The molecule has 6 nitrogen and oxygen atoms in total. The molecule has 0 atom stereocenters. The van der Waals surface area contributed by atoms with Gasteiger partial charge in [-0.05, 0) is 18.2 Å². The number of carbonyl (C=O) groups excluding carboxylic acids is 2. The van der Waals surface area contributed by atoms with E-state index in [9.17, 15) is 19.7 Å². The first kappa shape index (κ1) is 15.7. The second kappa shape index (κ2) is 5.49. The van der Waals surface area contributed by atoms with E-state index in [2.05, 4.69) is 0 Å². The maximum Gasteiger partial charge on any atom is 0.270 e. The Morgan fingerprint density at radius 3 is 2.04 bits per heavy atom. The maximum absolute atomic E-state index is 12.5. The van der Waals surface area contributed by atoms with Gasteiger partial charge in [-0.15, -0.1) is 0 Å². The van der Waals surface area contributed by atoms with Crippen molar-refractivity contribution >= 4 is 58.0 Å². The normalized spacial score (nSPS) is 13.4. The largest absolute Gasteiger partial charge is 0.270 e. The maximum atomic E-state index is 12.5. The summed E-state index contributed by atoms with van der Waals surface area (Å²) in [6.07, 6.45) is 0. The molecule has 0 radical (unpaired) electrons. The van der Waals surface area contributed by atoms with Gasteiger partial charge in [0.05, 0.1) is 36.8 Å². The Labute approximate surface area is 144 Å². The van der Waals surface area contributed by atoms with Gasteiger partial charge in [-0.25, -0.2) is 4.90 Å². The summed E-state index contributed by atoms with van der Waals surface area (Å²) in [6.45, 7) is 0. The number of hydrogen-bond acceptors (Lipinski definition) is 4. The highest BCUT2D eigenvalue weighted by Crippen LogP contribution is 2.37. The van der Waals surface area contributed by atoms with Gasteiger partial charge in [-0.3, -0.25) is 19.7 Å². The number of nitro groups is 1. The topological polar surface area (TPSA) is 80.5 Å². The zero-order chi connectivity index (χ0) is 16.9. The van der Waals surface area contributed by atoms with E-state index in [4.69, 9.17) is 34.8 Å². The second-order valence-electron chi connectivity index (χ2n) is 4.66. The molecule has 2 aromatic carbocycles. The molecule has 2 aromatic rings. The molecule has 0 spiro atoms. The number of rotatable bonds is 2. The molecule has 0 saturated heterocycles. The number of halogens is 3. The van der Waals surface area contributed by atoms with Crippen LogP contribution in [-0.4, -0.2) is 16.7 Å². The average molecular weight is 372 g/mol. The van der Waals surface area contributed by atoms with Crippen LogP contribution in [0, 0.1) is 10.1 Å². The van der Waals surface area contributed by atoms with Crippen molar-refractivity contribution in [2.45, 2.75) is 0 Å². The molecule has 23 heavy (non-hydrogen) atoms. The van der Waals surface area contributed by atoms with Crippen molar-refractivity contribution in [2.75, 3.05) is 4.90 Å². The first-order valence-corrected chi connectivity index (χ1v) is 7.26. The molecule has 116 valence electrons. The van der Waals surface area contributed by atoms with Gasteiger partial charge < -0.3 is 0 Å². The number of anilines is 1. The van der Waals surface area contributed by atoms with Gasteiger partial charge in [-0.1, -0.05) is 34.8 Å². The lowest BCUT2D eigenvalue weighted by atomic mass is 10.1. The minimum Gasteiger partial charge on any atom is -0.268 e. The number of hydrogen-bond donors (Lipinski definition) is 0. The van der Waals surface area contributed by atoms with Crippen LogP contribution in [0.25, 0.3) is 0 Å². The van der Waals surface area contributed by atoms with Gasteiger partial charge in [0.2, 0.25) is 0 Å². The highest BCUT2D eigenvalue weighted by molar-refractivity contribution is 6.48. The Morgan fingerprint density at radius 1 is 0.913 bits per heavy atom. The summed E-state index contributed by atoms with van der Waals surface area (Å²) < 4.78 is 0. The number of amides is 2. The lowest BCUT2D eigenvalue weighted by molar-refractivity contribution is -0.384. The molecule has 0 aliphatic carbocycles. The molecule has 9 heteroatoms. The number of nitro benzene ring substituents is 1. The van der Waals surface area contributed by atoms with E-state index in [-0.39, 0.29) is 37.6 Å². The predicted octanol–water partition coefficient (Wildman–Crippen LogP) is 4.36. The summed E-state index contributed by atoms with van der Waals surface area (Å²) in [5.74, 6) is -1.31. The fourth-order valence-corrected chi connectivity index (χ4v) is 2.83. The number of carbonyl (C=O) groups is 2. The molecule has 0 unspecified atom stereocenters. The number of benzene rings is 2. The summed E-state index contributed by atoms with van der Waals surface area (Å²) in [5, 5.41) is 11.1. The quantitative estimate of drug-likeness (QED) is 0.340. The van der Waals surface area contributed by atoms with Crippen molar-refractivity contribution in [3.63, 3.8) is 0 Å². The monoisotopic (exact) mass is 370 g/mol. The van der Waals surface area contributed by atoms with Gasteiger partial charge in [0.15, 0.2) is 0 Å². The van der Waals surface area contributed by atoms with Crippen LogP contribution in [0.1, 0.15) is 20.7 Å². The minimum atomic E-state index is -0.692. The van der Waals surface area contributed by atoms with Crippen molar-refractivity contribution in [3.8, 4) is 0 Å². The van der Waals surface area contributed by atoms with Gasteiger partial charge in [0, 0.05) is 12.1 Å². The number of nitrogens with zero attached hydrogens (tertiary/aromatic N) is 2. The van der Waals surface area contributed by atoms with E-state index >= 15 is 0 Å². The smallest absolute Gasteiger partial charge is 0.268 e. The molecule has 0 bridgehead atoms. The highest BCUT2D eigenvalue weighted by Gasteiger charge is 2.38. The molecular formula is C14H5Cl3N2O4. The molecular weight excluding hydrogens is 367 g/mol. The molecule has 0 aromatic heterocycles. The number of imide groups is 1. The molecule has 2 amide bonds. The summed E-state index contributed by atoms with van der Waals surface area (Å²) in [5.41, 5.74) is -0.119. The van der Waals surface area contributed by atoms with Crippen molar-refractivity contribution in [1.82, 2.24) is 0 Å². The van der Waals surface area contributed by atoms with E-state index in [1.165, 1.54) is 18.2 Å². The van der Waals surface area contributed by atoms with Gasteiger partial charge in [-0.2, -0.15) is 0 Å². The minimum absolute atomic E-state index is 0.0496. The van der Waals surface area contributed by atoms with Crippen molar-refractivity contribution in [1.29, 1.82) is 0 Å². The van der Waals surface area contributed by atoms with Crippen LogP contribution in [0.3, 0.4) is 0 Å². The highest BCUT2D eigenvalue weighted by atomic mass is 35.5. The molecule has 0 fully saturated rings. The Kier molecular flexibility index (Phi) is 3.75. The summed E-state index contributed by atoms with van der Waals surface area (Å²) in [4.78, 5) is 35.9. The molecule has 1 heterocycles. The molecule has 0 saturated carbocycles. The van der Waals surface area contributed by atoms with Crippen LogP contribution in [0.5, 0.6) is 0 Å². The molecule has 0 N–H and O–H groups in total. The Bertz CT molecular complexity index is 875. The number of non-ortho nitro benzene ring substituents is 1. The Hall–Kier alpha value is -2.15. The van der Waals surface area contributed by atoms with Crippen LogP contribution in [0.15, 0.2) is 30.3 Å². The van der Waals surface area contributed by atoms with Crippen molar-refractivity contribution in [3.05, 3.63) is 66.6 Å². The lowest BCUT2D eigenvalue weighted by Gasteiger charge is -2.15. The van der Waals surface area contributed by atoms with Crippen LogP contribution in [-0.2, 0) is 0 Å². The van der Waals surface area contributed by atoms with Crippen LogP contribution < -0.4 is 4.90 Å². The fourth-order valence-electron chi connectivity index (χ4n) is 2.25. The first-order valence-electron chi connectivity index (χ1n) is 6.13. The third-order valence-corrected chi connectivity index (χ3v) is 4.50. The van der Waals surface area contributed by atoms with Crippen LogP contribution in [0.2, 0.25) is 15.1 Å². The zero-order valence-electron chi connectivity index (χ0n) is 11.0. The van der Waals surface area contributed by atoms with E-state index < -0.39 is 16.7 Å². The SMILES string of the molecule is O=C1c2ccc([N+](=O)[O-])cc2C(=O)N1c1cc(Cl)c(Cl)c(Cl)c1. The third-order valence-electron chi connectivity index (χ3n) is 3.31. The van der Waals surface area contributed by atoms with Crippen molar-refractivity contribution < 1.29 is 14.5 Å². The Morgan fingerprint density at radius 2 is 1.48 bits per heavy atom. The zero-order valence-corrected chi connectivity index (χ0v) is 13.3. The Balaban J connectivity index is 2.12. The molecule has 1 aliphatic rings. The number of fused-ring (bicyclic) bond motifs is 1. The average Bonchev–Trinajstić information content (AvgIpc) is 2.75. The fraction of sp³-hybridized carbons (Fsp3) is 0. The van der Waals surface area contributed by atoms with Crippen molar-refractivity contribution in [2.24, 2.45) is 0 Å². The predicted molar refractivity (Wildman–Crippen MR) is 85.7 cm³/mol. The van der Waals surface area contributed by atoms with E-state index in [1.807, 2.05) is 0 Å². The lowest BCUT2D eigenvalue weighted by Crippen LogP contribution is -2.29. The van der Waals surface area contributed by atoms with E-state index in [1.54, 1.807) is 0 Å². The summed E-state index contributed by atoms with van der Waals surface area (Å²) in [6, 6.07) is 6.12.